The second-order valence-corrected chi connectivity index (χ2v) is 7.09. The van der Waals surface area contributed by atoms with Gasteiger partial charge in [0, 0.05) is 12.6 Å². The minimum Gasteiger partial charge on any atom is -0.489 e. The smallest absolute Gasteiger partial charge is 0.287 e. The fraction of sp³-hybridized carbons (Fsp3) is 0.167. The first-order chi connectivity index (χ1) is 14.5. The van der Waals surface area contributed by atoms with E-state index in [4.69, 9.17) is 9.57 Å². The topological polar surface area (TPSA) is 59.1 Å². The molecule has 30 heavy (non-hydrogen) atoms. The molecule has 152 valence electrons. The molecule has 1 aliphatic rings. The van der Waals surface area contributed by atoms with Crippen LogP contribution in [0.4, 0.5) is 5.69 Å². The standard InChI is InChI=1S/C24H22N2O4/c1-17-12-14-19(15-13-17)30-26(23(27)18-8-4-3-5-9-18)21-16-29-22-11-7-6-10-20(22)25(2)24(21)28/h3-15,21H,16H2,1-2H3/t21-/m0/s1. The van der Waals surface area contributed by atoms with E-state index in [0.29, 0.717) is 22.7 Å². The summed E-state index contributed by atoms with van der Waals surface area (Å²) in [7, 11) is 1.67. The van der Waals surface area contributed by atoms with Crippen molar-refractivity contribution in [2.45, 2.75) is 13.0 Å². The number of nitrogens with zero attached hydrogens (tertiary/aromatic N) is 2. The second kappa shape index (κ2) is 8.29. The third-order valence-corrected chi connectivity index (χ3v) is 4.97. The number of ether oxygens (including phenoxy) is 1. The summed E-state index contributed by atoms with van der Waals surface area (Å²) in [6, 6.07) is 22.4. The number of benzene rings is 3. The van der Waals surface area contributed by atoms with E-state index in [-0.39, 0.29) is 12.5 Å². The number of amides is 2. The van der Waals surface area contributed by atoms with Crippen LogP contribution in [0.2, 0.25) is 0 Å². The predicted octanol–water partition coefficient (Wildman–Crippen LogP) is 3.86. The van der Waals surface area contributed by atoms with Crippen LogP contribution in [0.5, 0.6) is 11.5 Å². The molecule has 0 unspecified atom stereocenters. The lowest BCUT2D eigenvalue weighted by Crippen LogP contribution is -2.53. The van der Waals surface area contributed by atoms with Crippen molar-refractivity contribution in [3.63, 3.8) is 0 Å². The number of carbonyl (C=O) groups excluding carboxylic acids is 2. The van der Waals surface area contributed by atoms with Crippen LogP contribution in [0, 0.1) is 6.92 Å². The number of likely N-dealkylation sites (N-methyl/N-ethyl adjacent to an activating group) is 1. The van der Waals surface area contributed by atoms with Gasteiger partial charge in [0.15, 0.2) is 11.8 Å². The Hall–Kier alpha value is -3.80. The van der Waals surface area contributed by atoms with Crippen LogP contribution >= 0.6 is 0 Å². The summed E-state index contributed by atoms with van der Waals surface area (Å²) >= 11 is 0. The number of carbonyl (C=O) groups is 2. The highest BCUT2D eigenvalue weighted by atomic mass is 16.7. The Bertz CT molecular complexity index is 1050. The van der Waals surface area contributed by atoms with Gasteiger partial charge in [0.1, 0.15) is 12.4 Å². The van der Waals surface area contributed by atoms with Gasteiger partial charge in [-0.05, 0) is 43.3 Å². The average molecular weight is 402 g/mol. The maximum atomic E-state index is 13.3. The zero-order chi connectivity index (χ0) is 21.1. The molecule has 3 aromatic carbocycles. The van der Waals surface area contributed by atoms with Crippen molar-refractivity contribution < 1.29 is 19.2 Å². The Balaban J connectivity index is 1.70. The number of aryl methyl sites for hydroxylation is 1. The zero-order valence-electron chi connectivity index (χ0n) is 16.8. The van der Waals surface area contributed by atoms with Crippen LogP contribution < -0.4 is 14.5 Å². The quantitative estimate of drug-likeness (QED) is 0.622. The van der Waals surface area contributed by atoms with E-state index in [2.05, 4.69) is 0 Å². The molecule has 0 aliphatic carbocycles. The number of fused-ring (bicyclic) bond motifs is 1. The molecule has 1 heterocycles. The van der Waals surface area contributed by atoms with Crippen LogP contribution in [0.1, 0.15) is 15.9 Å². The third kappa shape index (κ3) is 3.85. The number of anilines is 1. The Labute approximate surface area is 175 Å². The van der Waals surface area contributed by atoms with Crippen molar-refractivity contribution in [2.75, 3.05) is 18.6 Å². The average Bonchev–Trinajstić information content (AvgIpc) is 2.91. The molecule has 1 aliphatic heterocycles. The zero-order valence-corrected chi connectivity index (χ0v) is 16.8. The van der Waals surface area contributed by atoms with Crippen LogP contribution in [0.15, 0.2) is 78.9 Å². The van der Waals surface area contributed by atoms with E-state index in [1.54, 1.807) is 55.6 Å². The van der Waals surface area contributed by atoms with E-state index < -0.39 is 11.9 Å². The molecule has 0 spiro atoms. The maximum Gasteiger partial charge on any atom is 0.287 e. The van der Waals surface area contributed by atoms with Gasteiger partial charge in [0.25, 0.3) is 11.8 Å². The van der Waals surface area contributed by atoms with E-state index in [9.17, 15) is 9.59 Å². The molecule has 4 rings (SSSR count). The van der Waals surface area contributed by atoms with E-state index in [1.165, 1.54) is 4.90 Å². The largest absolute Gasteiger partial charge is 0.489 e. The lowest BCUT2D eigenvalue weighted by Gasteiger charge is -2.30. The fourth-order valence-corrected chi connectivity index (χ4v) is 3.27. The molecule has 0 radical (unpaired) electrons. The molecule has 0 N–H and O–H groups in total. The number of rotatable bonds is 4. The number of para-hydroxylation sites is 2. The third-order valence-electron chi connectivity index (χ3n) is 4.97. The molecule has 6 nitrogen and oxygen atoms in total. The maximum absolute atomic E-state index is 13.3. The minimum absolute atomic E-state index is 0.0232. The van der Waals surface area contributed by atoms with Gasteiger partial charge in [-0.1, -0.05) is 48.0 Å². The highest BCUT2D eigenvalue weighted by Crippen LogP contribution is 2.31. The van der Waals surface area contributed by atoms with Crippen molar-refractivity contribution in [1.82, 2.24) is 5.06 Å². The van der Waals surface area contributed by atoms with E-state index >= 15 is 0 Å². The summed E-state index contributed by atoms with van der Waals surface area (Å²) in [6.45, 7) is 1.94. The van der Waals surface area contributed by atoms with E-state index in [0.717, 1.165) is 10.6 Å². The second-order valence-electron chi connectivity index (χ2n) is 7.09. The highest BCUT2D eigenvalue weighted by molar-refractivity contribution is 6.03. The molecular formula is C24H22N2O4. The van der Waals surface area contributed by atoms with Gasteiger partial charge >= 0.3 is 0 Å². The van der Waals surface area contributed by atoms with Crippen molar-refractivity contribution in [1.29, 1.82) is 0 Å². The molecule has 0 aromatic heterocycles. The highest BCUT2D eigenvalue weighted by Gasteiger charge is 2.38. The fourth-order valence-electron chi connectivity index (χ4n) is 3.27. The van der Waals surface area contributed by atoms with Gasteiger partial charge in [-0.25, -0.2) is 0 Å². The van der Waals surface area contributed by atoms with Crippen LogP contribution in [0.25, 0.3) is 0 Å². The van der Waals surface area contributed by atoms with Crippen LogP contribution in [0.3, 0.4) is 0 Å². The molecule has 6 heteroatoms. The Kier molecular flexibility index (Phi) is 5.39. The minimum atomic E-state index is -0.962. The Morgan fingerprint density at radius 3 is 2.40 bits per heavy atom. The SMILES string of the molecule is Cc1ccc(ON(C(=O)c2ccccc2)[C@H]2COc3ccccc3N(C)C2=O)cc1. The van der Waals surface area contributed by atoms with Gasteiger partial charge in [-0.2, -0.15) is 5.06 Å². The molecule has 0 saturated carbocycles. The first-order valence-corrected chi connectivity index (χ1v) is 9.67. The van der Waals surface area contributed by atoms with Crippen LogP contribution in [-0.4, -0.2) is 36.6 Å². The summed E-state index contributed by atoms with van der Waals surface area (Å²) in [5.74, 6) is 0.328. The van der Waals surface area contributed by atoms with Crippen molar-refractivity contribution in [2.24, 2.45) is 0 Å². The Morgan fingerprint density at radius 2 is 1.67 bits per heavy atom. The number of hydrogen-bond donors (Lipinski definition) is 0. The summed E-state index contributed by atoms with van der Waals surface area (Å²) in [6.07, 6.45) is 0. The normalized spacial score (nSPS) is 15.6. The molecule has 0 bridgehead atoms. The first-order valence-electron chi connectivity index (χ1n) is 9.67. The van der Waals surface area contributed by atoms with Gasteiger partial charge in [-0.3, -0.25) is 9.59 Å². The van der Waals surface area contributed by atoms with Crippen molar-refractivity contribution >= 4 is 17.5 Å². The number of hydroxylamine groups is 2. The monoisotopic (exact) mass is 402 g/mol. The molecule has 0 fully saturated rings. The first kappa shape index (κ1) is 19.5. The van der Waals surface area contributed by atoms with Gasteiger partial charge < -0.3 is 14.5 Å². The number of hydrogen-bond acceptors (Lipinski definition) is 4. The predicted molar refractivity (Wildman–Crippen MR) is 114 cm³/mol. The molecule has 0 saturated heterocycles. The van der Waals surface area contributed by atoms with Crippen LogP contribution in [-0.2, 0) is 4.79 Å². The van der Waals surface area contributed by atoms with Gasteiger partial charge in [0.05, 0.1) is 5.69 Å². The van der Waals surface area contributed by atoms with Gasteiger partial charge in [-0.15, -0.1) is 0 Å². The molecule has 2 amide bonds. The van der Waals surface area contributed by atoms with Crippen molar-refractivity contribution in [3.05, 3.63) is 90.0 Å². The van der Waals surface area contributed by atoms with Crippen molar-refractivity contribution in [3.8, 4) is 11.5 Å². The lowest BCUT2D eigenvalue weighted by atomic mass is 10.1. The molecular weight excluding hydrogens is 380 g/mol. The lowest BCUT2D eigenvalue weighted by molar-refractivity contribution is -0.135. The summed E-state index contributed by atoms with van der Waals surface area (Å²) in [5.41, 5.74) is 2.13. The Morgan fingerprint density at radius 1 is 1.00 bits per heavy atom. The summed E-state index contributed by atoms with van der Waals surface area (Å²) in [4.78, 5) is 34.1. The summed E-state index contributed by atoms with van der Waals surface area (Å²) < 4.78 is 5.89. The molecule has 3 aromatic rings. The van der Waals surface area contributed by atoms with E-state index in [1.807, 2.05) is 37.3 Å². The molecule has 1 atom stereocenters. The summed E-state index contributed by atoms with van der Waals surface area (Å²) in [5, 5.41) is 1.12. The van der Waals surface area contributed by atoms with Gasteiger partial charge in [0.2, 0.25) is 0 Å².